The molecule has 0 aliphatic heterocycles. The molecule has 1 aromatic carbocycles. The zero-order valence-electron chi connectivity index (χ0n) is 13.8. The molecule has 1 saturated carbocycles. The molecule has 0 radical (unpaired) electrons. The van der Waals surface area contributed by atoms with Crippen LogP contribution in [0, 0.1) is 11.8 Å². The number of para-hydroxylation sites is 1. The van der Waals surface area contributed by atoms with Crippen molar-refractivity contribution in [3.63, 3.8) is 0 Å². The minimum atomic E-state index is 0.121. The topological polar surface area (TPSA) is 42.0 Å². The van der Waals surface area contributed by atoms with Crippen LogP contribution in [0.4, 0.5) is 0 Å². The maximum absolute atomic E-state index is 12.2. The van der Waals surface area contributed by atoms with E-state index in [2.05, 4.69) is 36.3 Å². The van der Waals surface area contributed by atoms with Gasteiger partial charge in [-0.15, -0.1) is 0 Å². The summed E-state index contributed by atoms with van der Waals surface area (Å²) in [5.74, 6) is 1.82. The van der Waals surface area contributed by atoms with Crippen LogP contribution < -0.4 is 5.32 Å². The van der Waals surface area contributed by atoms with Crippen molar-refractivity contribution >= 4 is 28.6 Å². The SMILES string of the molecule is C[C@H]1[C@@H](NC(=O)CSc2ccc3ccccc3n2)CCC[C@@H]1C. The first kappa shape index (κ1) is 16.3. The second-order valence-corrected chi connectivity index (χ2v) is 7.57. The molecule has 0 saturated heterocycles. The number of rotatable bonds is 4. The van der Waals surface area contributed by atoms with E-state index in [-0.39, 0.29) is 5.91 Å². The van der Waals surface area contributed by atoms with E-state index in [4.69, 9.17) is 0 Å². The number of hydrogen-bond donors (Lipinski definition) is 1. The summed E-state index contributed by atoms with van der Waals surface area (Å²) in [7, 11) is 0. The van der Waals surface area contributed by atoms with Gasteiger partial charge in [0.05, 0.1) is 16.3 Å². The van der Waals surface area contributed by atoms with E-state index in [1.807, 2.05) is 24.3 Å². The van der Waals surface area contributed by atoms with Crippen LogP contribution in [-0.4, -0.2) is 22.7 Å². The molecule has 0 unspecified atom stereocenters. The van der Waals surface area contributed by atoms with Gasteiger partial charge in [-0.1, -0.05) is 62.7 Å². The Morgan fingerprint density at radius 2 is 2.04 bits per heavy atom. The fourth-order valence-electron chi connectivity index (χ4n) is 3.30. The highest BCUT2D eigenvalue weighted by Crippen LogP contribution is 2.29. The standard InChI is InChI=1S/C19H24N2OS/c1-13-6-5-9-16(14(13)2)20-18(22)12-23-19-11-10-15-7-3-4-8-17(15)21-19/h3-4,7-8,10-11,13-14,16H,5-6,9,12H2,1-2H3,(H,20,22)/t13-,14+,16-/m0/s1. The van der Waals surface area contributed by atoms with E-state index in [9.17, 15) is 4.79 Å². The Morgan fingerprint density at radius 1 is 1.22 bits per heavy atom. The molecular formula is C19H24N2OS. The Hall–Kier alpha value is -1.55. The van der Waals surface area contributed by atoms with Crippen LogP contribution in [0.5, 0.6) is 0 Å². The number of fused-ring (bicyclic) bond motifs is 1. The van der Waals surface area contributed by atoms with Crippen molar-refractivity contribution in [1.82, 2.24) is 10.3 Å². The molecule has 1 heterocycles. The number of aromatic nitrogens is 1. The number of pyridine rings is 1. The first-order chi connectivity index (χ1) is 11.1. The third kappa shape index (κ3) is 4.05. The first-order valence-corrected chi connectivity index (χ1v) is 9.40. The summed E-state index contributed by atoms with van der Waals surface area (Å²) in [6, 6.07) is 12.4. The van der Waals surface area contributed by atoms with Crippen molar-refractivity contribution in [2.45, 2.75) is 44.2 Å². The minimum Gasteiger partial charge on any atom is -0.352 e. The summed E-state index contributed by atoms with van der Waals surface area (Å²) in [5.41, 5.74) is 0.979. The summed E-state index contributed by atoms with van der Waals surface area (Å²) >= 11 is 1.51. The maximum atomic E-state index is 12.2. The lowest BCUT2D eigenvalue weighted by Gasteiger charge is -2.34. The molecule has 2 aromatic rings. The average molecular weight is 328 g/mol. The largest absolute Gasteiger partial charge is 0.352 e. The summed E-state index contributed by atoms with van der Waals surface area (Å²) in [6.07, 6.45) is 3.61. The first-order valence-electron chi connectivity index (χ1n) is 8.41. The molecule has 1 aromatic heterocycles. The molecule has 122 valence electrons. The predicted octanol–water partition coefficient (Wildman–Crippen LogP) is 4.27. The van der Waals surface area contributed by atoms with Gasteiger partial charge in [-0.2, -0.15) is 0 Å². The Labute approximate surface area is 142 Å². The van der Waals surface area contributed by atoms with Gasteiger partial charge in [-0.3, -0.25) is 4.79 Å². The highest BCUT2D eigenvalue weighted by Gasteiger charge is 2.27. The molecule has 1 N–H and O–H groups in total. The molecule has 0 spiro atoms. The number of nitrogens with zero attached hydrogens (tertiary/aromatic N) is 1. The van der Waals surface area contributed by atoms with Crippen molar-refractivity contribution < 1.29 is 4.79 Å². The van der Waals surface area contributed by atoms with Crippen LogP contribution in [0.25, 0.3) is 10.9 Å². The highest BCUT2D eigenvalue weighted by atomic mass is 32.2. The van der Waals surface area contributed by atoms with Crippen molar-refractivity contribution in [1.29, 1.82) is 0 Å². The van der Waals surface area contributed by atoms with Crippen LogP contribution in [0.15, 0.2) is 41.4 Å². The fourth-order valence-corrected chi connectivity index (χ4v) is 3.99. The van der Waals surface area contributed by atoms with E-state index in [1.165, 1.54) is 24.6 Å². The van der Waals surface area contributed by atoms with Crippen LogP contribution in [0.2, 0.25) is 0 Å². The zero-order valence-corrected chi connectivity index (χ0v) is 14.6. The van der Waals surface area contributed by atoms with Crippen LogP contribution in [-0.2, 0) is 4.79 Å². The van der Waals surface area contributed by atoms with E-state index < -0.39 is 0 Å². The van der Waals surface area contributed by atoms with Gasteiger partial charge in [0, 0.05) is 11.4 Å². The summed E-state index contributed by atoms with van der Waals surface area (Å²) in [6.45, 7) is 4.55. The zero-order chi connectivity index (χ0) is 16.2. The van der Waals surface area contributed by atoms with E-state index >= 15 is 0 Å². The lowest BCUT2D eigenvalue weighted by molar-refractivity contribution is -0.119. The molecule has 1 aliphatic carbocycles. The van der Waals surface area contributed by atoms with Gasteiger partial charge in [0.1, 0.15) is 0 Å². The van der Waals surface area contributed by atoms with Gasteiger partial charge in [0.2, 0.25) is 5.91 Å². The van der Waals surface area contributed by atoms with E-state index in [0.717, 1.165) is 22.3 Å². The van der Waals surface area contributed by atoms with Gasteiger partial charge < -0.3 is 5.32 Å². The maximum Gasteiger partial charge on any atom is 0.230 e. The number of hydrogen-bond acceptors (Lipinski definition) is 3. The van der Waals surface area contributed by atoms with Crippen molar-refractivity contribution in [2.75, 3.05) is 5.75 Å². The molecule has 3 rings (SSSR count). The monoisotopic (exact) mass is 328 g/mol. The molecule has 1 amide bonds. The molecule has 4 heteroatoms. The Morgan fingerprint density at radius 3 is 2.91 bits per heavy atom. The second-order valence-electron chi connectivity index (χ2n) is 6.57. The molecule has 3 nitrogen and oxygen atoms in total. The van der Waals surface area contributed by atoms with Crippen LogP contribution in [0.1, 0.15) is 33.1 Å². The number of benzene rings is 1. The van der Waals surface area contributed by atoms with Gasteiger partial charge in [0.25, 0.3) is 0 Å². The predicted molar refractivity (Wildman–Crippen MR) is 96.6 cm³/mol. The fraction of sp³-hybridized carbons (Fsp3) is 0.474. The quantitative estimate of drug-likeness (QED) is 0.852. The molecule has 1 aliphatic rings. The summed E-state index contributed by atoms with van der Waals surface area (Å²) < 4.78 is 0. The number of thioether (sulfide) groups is 1. The average Bonchev–Trinajstić information content (AvgIpc) is 2.57. The van der Waals surface area contributed by atoms with Crippen LogP contribution in [0.3, 0.4) is 0 Å². The number of carbonyl (C=O) groups excluding carboxylic acids is 1. The van der Waals surface area contributed by atoms with Crippen LogP contribution >= 0.6 is 11.8 Å². The number of amides is 1. The summed E-state index contributed by atoms with van der Waals surface area (Å²) in [5, 5.41) is 5.26. The Kier molecular flexibility index (Phi) is 5.21. The Bertz CT molecular complexity index is 688. The van der Waals surface area contributed by atoms with Crippen molar-refractivity contribution in [2.24, 2.45) is 11.8 Å². The Balaban J connectivity index is 1.55. The highest BCUT2D eigenvalue weighted by molar-refractivity contribution is 7.99. The third-order valence-electron chi connectivity index (χ3n) is 4.98. The minimum absolute atomic E-state index is 0.121. The third-order valence-corrected chi connectivity index (χ3v) is 5.91. The van der Waals surface area contributed by atoms with Crippen molar-refractivity contribution in [3.05, 3.63) is 36.4 Å². The van der Waals surface area contributed by atoms with E-state index in [1.54, 1.807) is 0 Å². The normalized spacial score (nSPS) is 24.5. The van der Waals surface area contributed by atoms with Gasteiger partial charge >= 0.3 is 0 Å². The smallest absolute Gasteiger partial charge is 0.230 e. The summed E-state index contributed by atoms with van der Waals surface area (Å²) in [4.78, 5) is 16.8. The molecule has 23 heavy (non-hydrogen) atoms. The van der Waals surface area contributed by atoms with Crippen molar-refractivity contribution in [3.8, 4) is 0 Å². The number of carbonyl (C=O) groups is 1. The second kappa shape index (κ2) is 7.35. The van der Waals surface area contributed by atoms with Gasteiger partial charge in [-0.05, 0) is 30.4 Å². The lowest BCUT2D eigenvalue weighted by atomic mass is 9.78. The molecule has 0 bridgehead atoms. The van der Waals surface area contributed by atoms with Gasteiger partial charge in [0.15, 0.2) is 0 Å². The molecular weight excluding hydrogens is 304 g/mol. The molecule has 3 atom stereocenters. The van der Waals surface area contributed by atoms with E-state index in [0.29, 0.717) is 23.6 Å². The number of nitrogens with one attached hydrogen (secondary N) is 1. The lowest BCUT2D eigenvalue weighted by Crippen LogP contribution is -2.44. The van der Waals surface area contributed by atoms with Gasteiger partial charge in [-0.25, -0.2) is 4.98 Å². The molecule has 1 fully saturated rings.